The number of unbranched alkanes of at least 4 members (excludes halogenated alkanes) is 2. The number of benzene rings is 1. The maximum absolute atomic E-state index is 13.7. The first kappa shape index (κ1) is 22.6. The normalized spacial score (nSPS) is 25.1. The van der Waals surface area contributed by atoms with E-state index < -0.39 is 0 Å². The maximum atomic E-state index is 13.7. The van der Waals surface area contributed by atoms with Gasteiger partial charge in [-0.3, -0.25) is 0 Å². The van der Waals surface area contributed by atoms with Gasteiger partial charge < -0.3 is 0 Å². The summed E-state index contributed by atoms with van der Waals surface area (Å²) in [5, 5.41) is 0. The Bertz CT molecular complexity index is 636. The first-order chi connectivity index (χ1) is 14.1. The predicted octanol–water partition coefficient (Wildman–Crippen LogP) is 8.96. The lowest BCUT2D eigenvalue weighted by Crippen LogP contribution is -2.16. The van der Waals surface area contributed by atoms with Crippen molar-refractivity contribution in [2.24, 2.45) is 17.8 Å². The molecule has 0 radical (unpaired) electrons. The molecule has 0 N–H and O–H groups in total. The SMILES string of the molecule is CCCCCC1CCC(CCC2CC=C(CCc3ccc(C)c(F)c3)CC2)CC1. The lowest BCUT2D eigenvalue weighted by molar-refractivity contribution is 0.234. The molecular weight excluding hydrogens is 355 g/mol. The van der Waals surface area contributed by atoms with Crippen LogP contribution in [0.15, 0.2) is 29.8 Å². The van der Waals surface area contributed by atoms with Crippen molar-refractivity contribution in [3.63, 3.8) is 0 Å². The summed E-state index contributed by atoms with van der Waals surface area (Å²) in [4.78, 5) is 0. The van der Waals surface area contributed by atoms with Crippen LogP contribution in [0.3, 0.4) is 0 Å². The third-order valence-electron chi connectivity index (χ3n) is 7.75. The number of hydrogen-bond donors (Lipinski definition) is 0. The summed E-state index contributed by atoms with van der Waals surface area (Å²) in [7, 11) is 0. The zero-order valence-electron chi connectivity index (χ0n) is 19.0. The quantitative estimate of drug-likeness (QED) is 0.272. The van der Waals surface area contributed by atoms with Crippen molar-refractivity contribution in [1.29, 1.82) is 0 Å². The van der Waals surface area contributed by atoms with Crippen LogP contribution >= 0.6 is 0 Å². The summed E-state index contributed by atoms with van der Waals surface area (Å²) in [6.07, 6.45) is 23.2. The molecule has 1 atom stereocenters. The summed E-state index contributed by atoms with van der Waals surface area (Å²) in [6, 6.07) is 5.72. The van der Waals surface area contributed by atoms with Gasteiger partial charge in [-0.1, -0.05) is 88.5 Å². The van der Waals surface area contributed by atoms with Gasteiger partial charge >= 0.3 is 0 Å². The Hall–Kier alpha value is -1.11. The molecule has 162 valence electrons. The fourth-order valence-corrected chi connectivity index (χ4v) is 5.49. The predicted molar refractivity (Wildman–Crippen MR) is 124 cm³/mol. The molecule has 1 aromatic carbocycles. The Balaban J connectivity index is 1.30. The van der Waals surface area contributed by atoms with E-state index in [9.17, 15) is 4.39 Å². The molecule has 0 aliphatic heterocycles. The molecule has 1 unspecified atom stereocenters. The van der Waals surface area contributed by atoms with Gasteiger partial charge in [0.1, 0.15) is 5.82 Å². The second-order valence-corrected chi connectivity index (χ2v) is 10.0. The minimum absolute atomic E-state index is 0.0600. The Kier molecular flexibility index (Phi) is 9.28. The number of aryl methyl sites for hydroxylation is 2. The molecule has 1 heteroatoms. The van der Waals surface area contributed by atoms with Crippen LogP contribution in [0.1, 0.15) is 108 Å². The van der Waals surface area contributed by atoms with E-state index in [0.717, 1.165) is 41.7 Å². The monoisotopic (exact) mass is 398 g/mol. The fourth-order valence-electron chi connectivity index (χ4n) is 5.49. The second kappa shape index (κ2) is 11.9. The molecule has 29 heavy (non-hydrogen) atoms. The van der Waals surface area contributed by atoms with Gasteiger partial charge in [0.2, 0.25) is 0 Å². The van der Waals surface area contributed by atoms with E-state index >= 15 is 0 Å². The molecule has 0 amide bonds. The van der Waals surface area contributed by atoms with E-state index in [4.69, 9.17) is 0 Å². The zero-order chi connectivity index (χ0) is 20.5. The Labute approximate surface area is 179 Å². The highest BCUT2D eigenvalue weighted by atomic mass is 19.1. The van der Waals surface area contributed by atoms with Crippen LogP contribution in [0.2, 0.25) is 0 Å². The molecule has 1 fully saturated rings. The van der Waals surface area contributed by atoms with Gasteiger partial charge in [0.25, 0.3) is 0 Å². The van der Waals surface area contributed by atoms with Gasteiger partial charge in [-0.2, -0.15) is 0 Å². The van der Waals surface area contributed by atoms with Gasteiger partial charge in [-0.05, 0) is 80.4 Å². The molecule has 2 aliphatic carbocycles. The first-order valence-electron chi connectivity index (χ1n) is 12.6. The van der Waals surface area contributed by atoms with Crippen LogP contribution in [-0.4, -0.2) is 0 Å². The van der Waals surface area contributed by atoms with Crippen LogP contribution in [-0.2, 0) is 6.42 Å². The largest absolute Gasteiger partial charge is 0.207 e. The average molecular weight is 399 g/mol. The molecule has 0 heterocycles. The molecule has 0 saturated heterocycles. The van der Waals surface area contributed by atoms with Crippen molar-refractivity contribution < 1.29 is 4.39 Å². The van der Waals surface area contributed by atoms with E-state index in [1.54, 1.807) is 11.6 Å². The molecule has 1 saturated carbocycles. The van der Waals surface area contributed by atoms with E-state index in [-0.39, 0.29) is 5.82 Å². The highest BCUT2D eigenvalue weighted by Crippen LogP contribution is 2.37. The van der Waals surface area contributed by atoms with Crippen molar-refractivity contribution >= 4 is 0 Å². The maximum Gasteiger partial charge on any atom is 0.126 e. The summed E-state index contributed by atoms with van der Waals surface area (Å²) in [5.41, 5.74) is 3.50. The van der Waals surface area contributed by atoms with Crippen LogP contribution in [0.25, 0.3) is 0 Å². The molecular formula is C28H43F. The van der Waals surface area contributed by atoms with Crippen LogP contribution < -0.4 is 0 Å². The van der Waals surface area contributed by atoms with E-state index in [1.807, 2.05) is 13.0 Å². The molecule has 2 aliphatic rings. The van der Waals surface area contributed by atoms with Gasteiger partial charge in [-0.25, -0.2) is 4.39 Å². The van der Waals surface area contributed by atoms with Crippen molar-refractivity contribution in [2.75, 3.05) is 0 Å². The first-order valence-corrected chi connectivity index (χ1v) is 12.6. The Morgan fingerprint density at radius 1 is 0.862 bits per heavy atom. The average Bonchev–Trinajstić information content (AvgIpc) is 2.75. The van der Waals surface area contributed by atoms with Gasteiger partial charge in [0, 0.05) is 0 Å². The minimum Gasteiger partial charge on any atom is -0.207 e. The lowest BCUT2D eigenvalue weighted by Gasteiger charge is -2.30. The molecule has 0 aromatic heterocycles. The minimum atomic E-state index is -0.0600. The molecule has 0 nitrogen and oxygen atoms in total. The molecule has 3 rings (SSSR count). The molecule has 0 spiro atoms. The number of allylic oxidation sites excluding steroid dienone is 2. The summed E-state index contributed by atoms with van der Waals surface area (Å²) in [6.45, 7) is 4.15. The topological polar surface area (TPSA) is 0 Å². The summed E-state index contributed by atoms with van der Waals surface area (Å²) in [5.74, 6) is 2.91. The van der Waals surface area contributed by atoms with Crippen LogP contribution in [0.4, 0.5) is 4.39 Å². The Morgan fingerprint density at radius 3 is 2.24 bits per heavy atom. The van der Waals surface area contributed by atoms with Crippen LogP contribution in [0, 0.1) is 30.5 Å². The van der Waals surface area contributed by atoms with E-state index in [0.29, 0.717) is 0 Å². The molecule has 0 bridgehead atoms. The highest BCUT2D eigenvalue weighted by molar-refractivity contribution is 5.24. The standard InChI is InChI=1S/C28H43F/c1-3-4-5-6-23-9-11-24(12-10-23)13-14-25-15-17-26(18-16-25)19-20-27-8-7-22(2)28(29)21-27/h7-8,17,21,23-25H,3-6,9-16,18-20H2,1-2H3. The van der Waals surface area contributed by atoms with E-state index in [1.165, 1.54) is 83.5 Å². The lowest BCUT2D eigenvalue weighted by atomic mass is 9.76. The van der Waals surface area contributed by atoms with Gasteiger partial charge in [0.15, 0.2) is 0 Å². The van der Waals surface area contributed by atoms with Crippen molar-refractivity contribution in [3.05, 3.63) is 46.8 Å². The van der Waals surface area contributed by atoms with Gasteiger partial charge in [-0.15, -0.1) is 0 Å². The number of hydrogen-bond acceptors (Lipinski definition) is 0. The van der Waals surface area contributed by atoms with Gasteiger partial charge in [0.05, 0.1) is 0 Å². The van der Waals surface area contributed by atoms with Crippen molar-refractivity contribution in [2.45, 2.75) is 110 Å². The number of rotatable bonds is 10. The van der Waals surface area contributed by atoms with Crippen molar-refractivity contribution in [1.82, 2.24) is 0 Å². The zero-order valence-corrected chi connectivity index (χ0v) is 19.0. The smallest absolute Gasteiger partial charge is 0.126 e. The fraction of sp³-hybridized carbons (Fsp3) is 0.714. The number of halogens is 1. The third kappa shape index (κ3) is 7.58. The Morgan fingerprint density at radius 2 is 1.59 bits per heavy atom. The van der Waals surface area contributed by atoms with Crippen LogP contribution in [0.5, 0.6) is 0 Å². The highest BCUT2D eigenvalue weighted by Gasteiger charge is 2.22. The van der Waals surface area contributed by atoms with Crippen molar-refractivity contribution in [3.8, 4) is 0 Å². The molecule has 1 aromatic rings. The third-order valence-corrected chi connectivity index (χ3v) is 7.75. The second-order valence-electron chi connectivity index (χ2n) is 10.0. The van der Waals surface area contributed by atoms with E-state index in [2.05, 4.69) is 19.1 Å². The summed E-state index contributed by atoms with van der Waals surface area (Å²) >= 11 is 0. The summed E-state index contributed by atoms with van der Waals surface area (Å²) < 4.78 is 13.7.